The summed E-state index contributed by atoms with van der Waals surface area (Å²) in [5.74, 6) is 0.786. The van der Waals surface area contributed by atoms with Crippen molar-refractivity contribution >= 4 is 5.69 Å². The monoisotopic (exact) mass is 291 g/mol. The van der Waals surface area contributed by atoms with Gasteiger partial charge in [0.2, 0.25) is 0 Å². The predicted molar refractivity (Wildman–Crippen MR) is 75.3 cm³/mol. The fourth-order valence-corrected chi connectivity index (χ4v) is 2.25. The van der Waals surface area contributed by atoms with Crippen molar-refractivity contribution in [1.29, 1.82) is 5.26 Å². The van der Waals surface area contributed by atoms with E-state index < -0.39 is 10.5 Å². The molecule has 7 heteroatoms. The molecule has 0 saturated heterocycles. The minimum absolute atomic E-state index is 0.147. The Hall–Kier alpha value is -2.33. The average Bonchev–Trinajstić information content (AvgIpc) is 3.34. The highest BCUT2D eigenvalue weighted by molar-refractivity contribution is 5.50. The van der Waals surface area contributed by atoms with E-state index in [1.54, 1.807) is 13.1 Å². The number of nitrogens with one attached hydrogen (secondary N) is 1. The third kappa shape index (κ3) is 3.06. The third-order valence-corrected chi connectivity index (χ3v) is 3.73. The summed E-state index contributed by atoms with van der Waals surface area (Å²) in [6.07, 6.45) is 1.97. The van der Waals surface area contributed by atoms with Crippen LogP contribution in [0.3, 0.4) is 0 Å². The summed E-state index contributed by atoms with van der Waals surface area (Å²) in [4.78, 5) is 10.4. The number of ether oxygens (including phenoxy) is 2. The summed E-state index contributed by atoms with van der Waals surface area (Å²) in [6, 6.07) is 6.65. The molecule has 1 N–H and O–H groups in total. The second-order valence-electron chi connectivity index (χ2n) is 4.99. The number of hydrogen-bond acceptors (Lipinski definition) is 6. The molecule has 0 bridgehead atoms. The van der Waals surface area contributed by atoms with Crippen molar-refractivity contribution in [1.82, 2.24) is 5.32 Å². The fraction of sp³-hybridized carbons (Fsp3) is 0.500. The molecule has 0 aromatic heterocycles. The molecule has 1 saturated carbocycles. The summed E-state index contributed by atoms with van der Waals surface area (Å²) in [5.41, 5.74) is -0.900. The van der Waals surface area contributed by atoms with Gasteiger partial charge in [-0.2, -0.15) is 5.26 Å². The van der Waals surface area contributed by atoms with Gasteiger partial charge in [0.1, 0.15) is 17.9 Å². The first-order valence-corrected chi connectivity index (χ1v) is 6.61. The molecule has 1 aromatic rings. The standard InChI is InChI=1S/C14H17N3O4/c1-16-14(8-15,10-3-4-10)9-21-11-5-6-13(20-2)12(7-11)17(18)19/h5-7,10,16H,3-4,9H2,1-2H3. The second kappa shape index (κ2) is 5.97. The molecule has 112 valence electrons. The number of nitriles is 1. The molecule has 2 rings (SSSR count). The molecule has 0 radical (unpaired) electrons. The van der Waals surface area contributed by atoms with Crippen molar-refractivity contribution in [3.63, 3.8) is 0 Å². The van der Waals surface area contributed by atoms with Crippen LogP contribution in [0, 0.1) is 27.4 Å². The van der Waals surface area contributed by atoms with Crippen LogP contribution in [0.5, 0.6) is 11.5 Å². The van der Waals surface area contributed by atoms with Crippen LogP contribution >= 0.6 is 0 Å². The van der Waals surface area contributed by atoms with Crippen molar-refractivity contribution in [2.45, 2.75) is 18.4 Å². The Morgan fingerprint density at radius 3 is 2.76 bits per heavy atom. The number of methoxy groups -OCH3 is 1. The van der Waals surface area contributed by atoms with Gasteiger partial charge in [-0.15, -0.1) is 0 Å². The summed E-state index contributed by atoms with van der Waals surface area (Å²) in [6.45, 7) is 0.147. The summed E-state index contributed by atoms with van der Waals surface area (Å²) >= 11 is 0. The van der Waals surface area contributed by atoms with Crippen LogP contribution in [0.1, 0.15) is 12.8 Å². The summed E-state index contributed by atoms with van der Waals surface area (Å²) in [7, 11) is 3.10. The number of rotatable bonds is 7. The zero-order chi connectivity index (χ0) is 15.5. The van der Waals surface area contributed by atoms with Gasteiger partial charge in [-0.25, -0.2) is 0 Å². The third-order valence-electron chi connectivity index (χ3n) is 3.73. The Morgan fingerprint density at radius 2 is 2.29 bits per heavy atom. The topological polar surface area (TPSA) is 97.4 Å². The molecule has 0 heterocycles. The number of likely N-dealkylation sites (N-methyl/N-ethyl adjacent to an activating group) is 1. The molecular weight excluding hydrogens is 274 g/mol. The van der Waals surface area contributed by atoms with Crippen LogP contribution in [0.25, 0.3) is 0 Å². The maximum Gasteiger partial charge on any atom is 0.314 e. The highest BCUT2D eigenvalue weighted by Crippen LogP contribution is 2.40. The minimum Gasteiger partial charge on any atom is -0.490 e. The zero-order valence-electron chi connectivity index (χ0n) is 12.0. The smallest absolute Gasteiger partial charge is 0.314 e. The van der Waals surface area contributed by atoms with E-state index in [2.05, 4.69) is 11.4 Å². The van der Waals surface area contributed by atoms with Gasteiger partial charge in [0.15, 0.2) is 5.75 Å². The van der Waals surface area contributed by atoms with Gasteiger partial charge in [0.25, 0.3) is 0 Å². The number of benzene rings is 1. The highest BCUT2D eigenvalue weighted by Gasteiger charge is 2.45. The van der Waals surface area contributed by atoms with E-state index in [0.29, 0.717) is 5.75 Å². The molecule has 0 spiro atoms. The van der Waals surface area contributed by atoms with Crippen LogP contribution in [-0.4, -0.2) is 31.2 Å². The normalized spacial score (nSPS) is 16.6. The molecule has 1 aliphatic rings. The number of nitro benzene ring substituents is 1. The Morgan fingerprint density at radius 1 is 1.57 bits per heavy atom. The van der Waals surface area contributed by atoms with E-state index in [0.717, 1.165) is 12.8 Å². The van der Waals surface area contributed by atoms with Gasteiger partial charge >= 0.3 is 5.69 Å². The summed E-state index contributed by atoms with van der Waals surface area (Å²) in [5, 5.41) is 23.4. The molecule has 0 aliphatic heterocycles. The van der Waals surface area contributed by atoms with Gasteiger partial charge in [-0.1, -0.05) is 0 Å². The molecule has 1 fully saturated rings. The molecule has 1 unspecified atom stereocenters. The van der Waals surface area contributed by atoms with Crippen molar-refractivity contribution in [2.75, 3.05) is 20.8 Å². The van der Waals surface area contributed by atoms with Crippen LogP contribution in [0.15, 0.2) is 18.2 Å². The molecule has 1 aliphatic carbocycles. The first-order valence-electron chi connectivity index (χ1n) is 6.61. The predicted octanol–water partition coefficient (Wildman–Crippen LogP) is 1.87. The van der Waals surface area contributed by atoms with Crippen LogP contribution in [-0.2, 0) is 0 Å². The van der Waals surface area contributed by atoms with E-state index in [1.165, 1.54) is 19.2 Å². The molecule has 21 heavy (non-hydrogen) atoms. The molecule has 7 nitrogen and oxygen atoms in total. The van der Waals surface area contributed by atoms with Crippen LogP contribution < -0.4 is 14.8 Å². The lowest BCUT2D eigenvalue weighted by Gasteiger charge is -2.25. The van der Waals surface area contributed by atoms with Crippen molar-refractivity contribution in [2.24, 2.45) is 5.92 Å². The number of hydrogen-bond donors (Lipinski definition) is 1. The average molecular weight is 291 g/mol. The second-order valence-corrected chi connectivity index (χ2v) is 4.99. The Kier molecular flexibility index (Phi) is 4.29. The molecule has 0 amide bonds. The molecule has 1 atom stereocenters. The largest absolute Gasteiger partial charge is 0.490 e. The minimum atomic E-state index is -0.741. The van der Waals surface area contributed by atoms with E-state index in [1.807, 2.05) is 0 Å². The van der Waals surface area contributed by atoms with E-state index in [4.69, 9.17) is 9.47 Å². The Labute approximate surface area is 122 Å². The van der Waals surface area contributed by atoms with E-state index in [-0.39, 0.29) is 24.0 Å². The number of nitrogens with zero attached hydrogens (tertiary/aromatic N) is 2. The van der Waals surface area contributed by atoms with Gasteiger partial charge in [-0.05, 0) is 37.9 Å². The quantitative estimate of drug-likeness (QED) is 0.608. The van der Waals surface area contributed by atoms with Gasteiger partial charge in [0.05, 0.1) is 24.2 Å². The first kappa shape index (κ1) is 15.1. The molecule has 1 aromatic carbocycles. The van der Waals surface area contributed by atoms with Crippen molar-refractivity contribution in [3.05, 3.63) is 28.3 Å². The van der Waals surface area contributed by atoms with E-state index >= 15 is 0 Å². The van der Waals surface area contributed by atoms with Gasteiger partial charge in [-0.3, -0.25) is 15.4 Å². The maximum absolute atomic E-state index is 11.0. The lowest BCUT2D eigenvalue weighted by molar-refractivity contribution is -0.385. The van der Waals surface area contributed by atoms with E-state index in [9.17, 15) is 15.4 Å². The van der Waals surface area contributed by atoms with Crippen LogP contribution in [0.4, 0.5) is 5.69 Å². The maximum atomic E-state index is 11.0. The lowest BCUT2D eigenvalue weighted by Crippen LogP contribution is -2.49. The lowest BCUT2D eigenvalue weighted by atomic mass is 9.96. The SMILES string of the molecule is CNC(C#N)(COc1ccc(OC)c([N+](=O)[O-])c1)C1CC1. The van der Waals surface area contributed by atoms with Crippen molar-refractivity contribution in [3.8, 4) is 17.6 Å². The highest BCUT2D eigenvalue weighted by atomic mass is 16.6. The Bertz CT molecular complexity index is 580. The van der Waals surface area contributed by atoms with Gasteiger partial charge < -0.3 is 9.47 Å². The summed E-state index contributed by atoms with van der Waals surface area (Å²) < 4.78 is 10.5. The Balaban J connectivity index is 2.15. The van der Waals surface area contributed by atoms with Crippen LogP contribution in [0.2, 0.25) is 0 Å². The fourth-order valence-electron chi connectivity index (χ4n) is 2.25. The van der Waals surface area contributed by atoms with Crippen molar-refractivity contribution < 1.29 is 14.4 Å². The zero-order valence-corrected chi connectivity index (χ0v) is 12.0. The molecular formula is C14H17N3O4. The van der Waals surface area contributed by atoms with Gasteiger partial charge in [0, 0.05) is 0 Å². The first-order chi connectivity index (χ1) is 10.1. The number of nitro groups is 1.